The Balaban J connectivity index is 1.71. The molecule has 20 heavy (non-hydrogen) atoms. The predicted molar refractivity (Wildman–Crippen MR) is 75.9 cm³/mol. The van der Waals surface area contributed by atoms with Crippen LogP contribution in [0.2, 0.25) is 0 Å². The summed E-state index contributed by atoms with van der Waals surface area (Å²) in [7, 11) is -0.825. The van der Waals surface area contributed by atoms with Crippen molar-refractivity contribution in [2.45, 2.75) is 13.2 Å². The van der Waals surface area contributed by atoms with Crippen molar-refractivity contribution in [3.63, 3.8) is 0 Å². The van der Waals surface area contributed by atoms with Gasteiger partial charge in [-0.2, -0.15) is 0 Å². The molecule has 0 spiro atoms. The van der Waals surface area contributed by atoms with Gasteiger partial charge < -0.3 is 14.4 Å². The van der Waals surface area contributed by atoms with Crippen LogP contribution in [0.1, 0.15) is 11.1 Å². The van der Waals surface area contributed by atoms with E-state index in [-0.39, 0.29) is 0 Å². The molecule has 0 radical (unpaired) electrons. The largest absolute Gasteiger partial charge is 0.491 e. The Morgan fingerprint density at radius 2 is 2.20 bits per heavy atom. The second kappa shape index (κ2) is 5.37. The van der Waals surface area contributed by atoms with E-state index in [0.29, 0.717) is 18.9 Å². The van der Waals surface area contributed by atoms with E-state index >= 15 is 0 Å². The van der Waals surface area contributed by atoms with Gasteiger partial charge in [-0.3, -0.25) is 0 Å². The minimum Gasteiger partial charge on any atom is -0.489 e. The van der Waals surface area contributed by atoms with Crippen molar-refractivity contribution in [3.05, 3.63) is 65.0 Å². The van der Waals surface area contributed by atoms with E-state index in [1.54, 1.807) is 6.07 Å². The third kappa shape index (κ3) is 2.52. The van der Waals surface area contributed by atoms with Crippen molar-refractivity contribution in [3.8, 4) is 5.75 Å². The number of fused-ring (bicyclic) bond motifs is 1. The quantitative estimate of drug-likeness (QED) is 0.682. The first-order chi connectivity index (χ1) is 9.76. The Bertz CT molecular complexity index is 681. The number of hydrogen-bond acceptors (Lipinski definition) is 3. The topological polar surface area (TPSA) is 43.0 Å². The first-order valence-electron chi connectivity index (χ1n) is 6.28. The van der Waals surface area contributed by atoms with Gasteiger partial charge in [0, 0.05) is 0 Å². The van der Waals surface area contributed by atoms with E-state index in [2.05, 4.69) is 4.85 Å². The van der Waals surface area contributed by atoms with Crippen LogP contribution < -0.4 is 10.2 Å². The van der Waals surface area contributed by atoms with Crippen LogP contribution in [0.5, 0.6) is 5.75 Å². The Morgan fingerprint density at radius 3 is 3.05 bits per heavy atom. The molecule has 0 unspecified atom stereocenters. The van der Waals surface area contributed by atoms with Crippen LogP contribution in [0.15, 0.2) is 42.5 Å². The molecule has 1 N–H and O–H groups in total. The summed E-state index contributed by atoms with van der Waals surface area (Å²) in [5, 5.41) is 9.55. The van der Waals surface area contributed by atoms with Gasteiger partial charge in [-0.15, -0.1) is 0 Å². The lowest BCUT2D eigenvalue weighted by Gasteiger charge is -2.08. The minimum absolute atomic E-state index is 0.404. The number of hydrogen-bond donors (Lipinski definition) is 1. The van der Waals surface area contributed by atoms with E-state index in [1.807, 2.05) is 36.4 Å². The van der Waals surface area contributed by atoms with E-state index in [4.69, 9.17) is 16.0 Å². The SMILES string of the molecule is [C-]#[N+]c1cccc(COc2ccc3c(c2)COB3O)c1. The average molecular weight is 265 g/mol. The molecule has 3 rings (SSSR count). The third-order valence-corrected chi connectivity index (χ3v) is 3.22. The normalized spacial score (nSPS) is 12.9. The molecule has 0 atom stereocenters. The van der Waals surface area contributed by atoms with Crippen molar-refractivity contribution in [1.82, 2.24) is 0 Å². The first-order valence-corrected chi connectivity index (χ1v) is 6.28. The van der Waals surface area contributed by atoms with E-state index in [1.165, 1.54) is 0 Å². The van der Waals surface area contributed by atoms with Crippen LogP contribution in [0.3, 0.4) is 0 Å². The summed E-state index contributed by atoms with van der Waals surface area (Å²) in [4.78, 5) is 3.39. The molecule has 0 aromatic heterocycles. The molecule has 2 aromatic rings. The fraction of sp³-hybridized carbons (Fsp3) is 0.133. The molecule has 4 nitrogen and oxygen atoms in total. The molecule has 0 fully saturated rings. The van der Waals surface area contributed by atoms with Gasteiger partial charge in [0.15, 0.2) is 5.69 Å². The Morgan fingerprint density at radius 1 is 1.30 bits per heavy atom. The second-order valence-electron chi connectivity index (χ2n) is 4.59. The predicted octanol–water partition coefficient (Wildman–Crippen LogP) is 2.03. The summed E-state index contributed by atoms with van der Waals surface area (Å²) in [6.07, 6.45) is 0. The summed E-state index contributed by atoms with van der Waals surface area (Å²) >= 11 is 0. The zero-order valence-corrected chi connectivity index (χ0v) is 10.7. The van der Waals surface area contributed by atoms with E-state index in [9.17, 15) is 5.02 Å². The monoisotopic (exact) mass is 265 g/mol. The maximum Gasteiger partial charge on any atom is 0.491 e. The molecule has 0 saturated carbocycles. The molecule has 98 valence electrons. The van der Waals surface area contributed by atoms with Gasteiger partial charge in [0.2, 0.25) is 0 Å². The average Bonchev–Trinajstić information content (AvgIpc) is 2.86. The maximum atomic E-state index is 9.55. The van der Waals surface area contributed by atoms with Crippen LogP contribution in [-0.4, -0.2) is 12.1 Å². The second-order valence-corrected chi connectivity index (χ2v) is 4.59. The van der Waals surface area contributed by atoms with Crippen LogP contribution in [0, 0.1) is 6.57 Å². The Kier molecular flexibility index (Phi) is 3.42. The van der Waals surface area contributed by atoms with Gasteiger partial charge in [0.25, 0.3) is 0 Å². The highest BCUT2D eigenvalue weighted by atomic mass is 16.5. The molecule has 0 saturated heterocycles. The minimum atomic E-state index is -0.825. The van der Waals surface area contributed by atoms with Crippen molar-refractivity contribution < 1.29 is 14.4 Å². The number of nitrogens with zero attached hydrogens (tertiary/aromatic N) is 1. The lowest BCUT2D eigenvalue weighted by molar-refractivity contribution is 0.274. The summed E-state index contributed by atoms with van der Waals surface area (Å²) < 4.78 is 10.9. The molecule has 0 amide bonds. The Labute approximate surface area is 117 Å². The summed E-state index contributed by atoms with van der Waals surface area (Å²) in [5.41, 5.74) is 3.31. The highest BCUT2D eigenvalue weighted by Crippen LogP contribution is 2.20. The number of rotatable bonds is 3. The van der Waals surface area contributed by atoms with Crippen LogP contribution in [-0.2, 0) is 17.9 Å². The smallest absolute Gasteiger partial charge is 0.489 e. The summed E-state index contributed by atoms with van der Waals surface area (Å²) in [6.45, 7) is 7.80. The molecule has 2 aromatic carbocycles. The molecule has 0 bridgehead atoms. The van der Waals surface area contributed by atoms with Gasteiger partial charge in [-0.05, 0) is 34.8 Å². The first kappa shape index (κ1) is 12.7. The van der Waals surface area contributed by atoms with Gasteiger partial charge >= 0.3 is 7.12 Å². The maximum absolute atomic E-state index is 9.55. The standard InChI is InChI=1S/C15H12BNO3/c1-17-13-4-2-3-11(7-13)9-19-14-5-6-15-12(8-14)10-20-16(15)18/h2-8,18H,9-10H2. The van der Waals surface area contributed by atoms with Crippen LogP contribution in [0.25, 0.3) is 4.85 Å². The van der Waals surface area contributed by atoms with Crippen LogP contribution in [0.4, 0.5) is 5.69 Å². The Hall–Kier alpha value is -2.29. The molecule has 1 heterocycles. The highest BCUT2D eigenvalue weighted by Gasteiger charge is 2.27. The fourth-order valence-electron chi connectivity index (χ4n) is 2.18. The van der Waals surface area contributed by atoms with Gasteiger partial charge in [0.1, 0.15) is 12.4 Å². The van der Waals surface area contributed by atoms with Crippen molar-refractivity contribution >= 4 is 18.3 Å². The lowest BCUT2D eigenvalue weighted by Crippen LogP contribution is -2.27. The molecule has 0 aliphatic carbocycles. The summed E-state index contributed by atoms with van der Waals surface area (Å²) in [6, 6.07) is 12.9. The van der Waals surface area contributed by atoms with E-state index < -0.39 is 7.12 Å². The number of ether oxygens (including phenoxy) is 1. The summed E-state index contributed by atoms with van der Waals surface area (Å²) in [5.74, 6) is 0.731. The van der Waals surface area contributed by atoms with Crippen molar-refractivity contribution in [2.75, 3.05) is 0 Å². The fourth-order valence-corrected chi connectivity index (χ4v) is 2.18. The lowest BCUT2D eigenvalue weighted by atomic mass is 9.80. The molecule has 5 heteroatoms. The van der Waals surface area contributed by atoms with Crippen LogP contribution >= 0.6 is 0 Å². The zero-order chi connectivity index (χ0) is 13.9. The number of benzene rings is 2. The molecular formula is C15H12BNO3. The molecular weight excluding hydrogens is 253 g/mol. The van der Waals surface area contributed by atoms with E-state index in [0.717, 1.165) is 22.3 Å². The van der Waals surface area contributed by atoms with Gasteiger partial charge in [0.05, 0.1) is 13.2 Å². The van der Waals surface area contributed by atoms with Gasteiger partial charge in [-0.1, -0.05) is 24.3 Å². The third-order valence-electron chi connectivity index (χ3n) is 3.22. The molecule has 1 aliphatic heterocycles. The molecule has 1 aliphatic rings. The van der Waals surface area contributed by atoms with Crippen molar-refractivity contribution in [1.29, 1.82) is 0 Å². The van der Waals surface area contributed by atoms with Crippen molar-refractivity contribution in [2.24, 2.45) is 0 Å². The highest BCUT2D eigenvalue weighted by molar-refractivity contribution is 6.61. The zero-order valence-electron chi connectivity index (χ0n) is 10.7. The van der Waals surface area contributed by atoms with Gasteiger partial charge in [-0.25, -0.2) is 4.85 Å².